The highest BCUT2D eigenvalue weighted by atomic mass is 79.9. The van der Waals surface area contributed by atoms with Gasteiger partial charge in [-0.2, -0.15) is 0 Å². The molecule has 0 aliphatic rings. The zero-order chi connectivity index (χ0) is 13.4. The van der Waals surface area contributed by atoms with Crippen molar-refractivity contribution >= 4 is 43.2 Å². The summed E-state index contributed by atoms with van der Waals surface area (Å²) in [5.74, 6) is 0.199. The van der Waals surface area contributed by atoms with Crippen molar-refractivity contribution < 1.29 is 9.13 Å². The second-order valence-corrected chi connectivity index (χ2v) is 5.73. The van der Waals surface area contributed by atoms with Crippen LogP contribution in [0.1, 0.15) is 0 Å². The number of hydrogen-bond donors (Lipinski definition) is 1. The first-order valence-electron chi connectivity index (χ1n) is 5.41. The number of thiazole rings is 1. The number of ether oxygens (including phenoxy) is 1. The van der Waals surface area contributed by atoms with E-state index < -0.39 is 0 Å². The molecule has 3 aromatic rings. The molecule has 96 valence electrons. The third kappa shape index (κ3) is 2.54. The predicted octanol–water partition coefficient (Wildman–Crippen LogP) is 4.57. The van der Waals surface area contributed by atoms with Gasteiger partial charge in [0.1, 0.15) is 11.6 Å². The summed E-state index contributed by atoms with van der Waals surface area (Å²) in [6.45, 7) is 0. The summed E-state index contributed by atoms with van der Waals surface area (Å²) in [4.78, 5) is 4.33. The molecule has 0 saturated carbocycles. The van der Waals surface area contributed by atoms with Gasteiger partial charge in [0.05, 0.1) is 14.7 Å². The smallest absolute Gasteiger partial charge is 0.279 e. The first-order chi connectivity index (χ1) is 9.11. The van der Waals surface area contributed by atoms with Gasteiger partial charge >= 0.3 is 0 Å². The van der Waals surface area contributed by atoms with Gasteiger partial charge in [-0.05, 0) is 52.3 Å². The van der Waals surface area contributed by atoms with Gasteiger partial charge in [0.15, 0.2) is 0 Å². The van der Waals surface area contributed by atoms with E-state index in [4.69, 9.17) is 10.5 Å². The van der Waals surface area contributed by atoms with E-state index in [1.165, 1.54) is 17.4 Å². The molecule has 0 aliphatic heterocycles. The average molecular weight is 339 g/mol. The molecule has 2 N–H and O–H groups in total. The van der Waals surface area contributed by atoms with Gasteiger partial charge in [0, 0.05) is 5.69 Å². The molecule has 0 atom stereocenters. The van der Waals surface area contributed by atoms with Gasteiger partial charge < -0.3 is 10.5 Å². The Morgan fingerprint density at radius 2 is 2.05 bits per heavy atom. The second kappa shape index (κ2) is 4.79. The molecule has 3 nitrogen and oxygen atoms in total. The lowest BCUT2D eigenvalue weighted by Crippen LogP contribution is -1.84. The number of nitrogen functional groups attached to an aromatic ring is 1. The predicted molar refractivity (Wildman–Crippen MR) is 78.2 cm³/mol. The number of anilines is 1. The Kier molecular flexibility index (Phi) is 3.12. The lowest BCUT2D eigenvalue weighted by molar-refractivity contribution is 0.477. The largest absolute Gasteiger partial charge is 0.431 e. The van der Waals surface area contributed by atoms with Crippen molar-refractivity contribution in [3.63, 3.8) is 0 Å². The fourth-order valence-electron chi connectivity index (χ4n) is 1.60. The average Bonchev–Trinajstić information content (AvgIpc) is 2.75. The maximum Gasteiger partial charge on any atom is 0.279 e. The summed E-state index contributed by atoms with van der Waals surface area (Å²) >= 11 is 4.51. The maximum atomic E-state index is 13.1. The molecule has 0 fully saturated rings. The normalized spacial score (nSPS) is 10.8. The molecule has 3 rings (SSSR count). The summed E-state index contributed by atoms with van der Waals surface area (Å²) < 4.78 is 20.0. The zero-order valence-corrected chi connectivity index (χ0v) is 12.0. The summed E-state index contributed by atoms with van der Waals surface area (Å²) in [5, 5.41) is 0.499. The third-order valence-corrected chi connectivity index (χ3v) is 3.99. The number of nitrogens with zero attached hydrogens (tertiary/aromatic N) is 1. The van der Waals surface area contributed by atoms with Crippen LogP contribution < -0.4 is 10.5 Å². The number of fused-ring (bicyclic) bond motifs is 1. The highest BCUT2D eigenvalue weighted by molar-refractivity contribution is 9.10. The van der Waals surface area contributed by atoms with Gasteiger partial charge in [-0.25, -0.2) is 9.37 Å². The van der Waals surface area contributed by atoms with Crippen LogP contribution in [0, 0.1) is 5.82 Å². The molecule has 0 bridgehead atoms. The number of benzene rings is 2. The molecule has 0 saturated heterocycles. The van der Waals surface area contributed by atoms with Crippen molar-refractivity contribution in [2.75, 3.05) is 5.73 Å². The Hall–Kier alpha value is -1.66. The van der Waals surface area contributed by atoms with Gasteiger partial charge in [0.25, 0.3) is 5.19 Å². The van der Waals surface area contributed by atoms with Crippen LogP contribution >= 0.6 is 27.3 Å². The number of rotatable bonds is 2. The second-order valence-electron chi connectivity index (χ2n) is 3.88. The van der Waals surface area contributed by atoms with E-state index in [0.717, 1.165) is 10.2 Å². The van der Waals surface area contributed by atoms with Crippen LogP contribution in [-0.4, -0.2) is 4.98 Å². The number of halogens is 2. The molecule has 0 unspecified atom stereocenters. The molecule has 0 radical (unpaired) electrons. The molecular weight excluding hydrogens is 331 g/mol. The van der Waals surface area contributed by atoms with E-state index in [1.54, 1.807) is 18.2 Å². The van der Waals surface area contributed by atoms with Crippen LogP contribution in [0.15, 0.2) is 40.9 Å². The minimum atomic E-state index is -0.329. The van der Waals surface area contributed by atoms with Crippen molar-refractivity contribution in [1.29, 1.82) is 0 Å². The zero-order valence-electron chi connectivity index (χ0n) is 9.56. The molecular formula is C13H8BrFN2OS. The molecule has 6 heteroatoms. The Balaban J connectivity index is 1.94. The Bertz CT molecular complexity index is 759. The number of hydrogen-bond acceptors (Lipinski definition) is 4. The van der Waals surface area contributed by atoms with Crippen molar-refractivity contribution in [3.8, 4) is 10.9 Å². The minimum absolute atomic E-state index is 0.329. The van der Waals surface area contributed by atoms with Crippen LogP contribution in [-0.2, 0) is 0 Å². The van der Waals surface area contributed by atoms with Crippen molar-refractivity contribution in [3.05, 3.63) is 46.7 Å². The van der Waals surface area contributed by atoms with E-state index >= 15 is 0 Å². The van der Waals surface area contributed by atoms with E-state index in [-0.39, 0.29) is 5.82 Å². The van der Waals surface area contributed by atoms with Crippen LogP contribution in [0.2, 0.25) is 0 Å². The first-order valence-corrected chi connectivity index (χ1v) is 7.02. The van der Waals surface area contributed by atoms with Crippen LogP contribution in [0.4, 0.5) is 10.1 Å². The van der Waals surface area contributed by atoms with E-state index in [0.29, 0.717) is 21.1 Å². The topological polar surface area (TPSA) is 48.1 Å². The van der Waals surface area contributed by atoms with Crippen molar-refractivity contribution in [2.24, 2.45) is 0 Å². The molecule has 1 aromatic heterocycles. The number of aromatic nitrogens is 1. The Morgan fingerprint density at radius 3 is 2.84 bits per heavy atom. The number of nitrogens with two attached hydrogens (primary N) is 1. The van der Waals surface area contributed by atoms with E-state index in [9.17, 15) is 4.39 Å². The lowest BCUT2D eigenvalue weighted by Gasteiger charge is -2.02. The highest BCUT2D eigenvalue weighted by Gasteiger charge is 2.08. The molecule has 2 aromatic carbocycles. The molecule has 1 heterocycles. The first kappa shape index (κ1) is 12.4. The van der Waals surface area contributed by atoms with Gasteiger partial charge in [0.2, 0.25) is 0 Å². The summed E-state index contributed by atoms with van der Waals surface area (Å²) in [5.41, 5.74) is 7.23. The van der Waals surface area contributed by atoms with Crippen LogP contribution in [0.3, 0.4) is 0 Å². The summed E-state index contributed by atoms with van der Waals surface area (Å²) in [6, 6.07) is 9.94. The van der Waals surface area contributed by atoms with Crippen molar-refractivity contribution in [2.45, 2.75) is 0 Å². The Morgan fingerprint density at radius 1 is 1.21 bits per heavy atom. The van der Waals surface area contributed by atoms with E-state index in [1.807, 2.05) is 12.1 Å². The fraction of sp³-hybridized carbons (Fsp3) is 0. The SMILES string of the molecule is Nc1ccc2nc(Oc3ccc(F)c(Br)c3)sc2c1. The quantitative estimate of drug-likeness (QED) is 0.696. The Labute approximate surface area is 121 Å². The summed E-state index contributed by atoms with van der Waals surface area (Å²) in [7, 11) is 0. The third-order valence-electron chi connectivity index (χ3n) is 2.49. The van der Waals surface area contributed by atoms with Crippen LogP contribution in [0.25, 0.3) is 10.2 Å². The highest BCUT2D eigenvalue weighted by Crippen LogP contribution is 2.33. The molecule has 0 amide bonds. The molecule has 0 spiro atoms. The monoisotopic (exact) mass is 338 g/mol. The maximum absolute atomic E-state index is 13.1. The standard InChI is InChI=1S/C13H8BrFN2OS/c14-9-6-8(2-3-10(9)15)18-13-17-11-4-1-7(16)5-12(11)19-13/h1-6H,16H2. The minimum Gasteiger partial charge on any atom is -0.431 e. The lowest BCUT2D eigenvalue weighted by atomic mass is 10.3. The molecule has 19 heavy (non-hydrogen) atoms. The van der Waals surface area contributed by atoms with E-state index in [2.05, 4.69) is 20.9 Å². The fourth-order valence-corrected chi connectivity index (χ4v) is 2.85. The molecule has 0 aliphatic carbocycles. The van der Waals surface area contributed by atoms with Gasteiger partial charge in [-0.3, -0.25) is 0 Å². The van der Waals surface area contributed by atoms with Gasteiger partial charge in [-0.1, -0.05) is 11.3 Å². The summed E-state index contributed by atoms with van der Waals surface area (Å²) in [6.07, 6.45) is 0. The van der Waals surface area contributed by atoms with Gasteiger partial charge in [-0.15, -0.1) is 0 Å². The van der Waals surface area contributed by atoms with Crippen molar-refractivity contribution in [1.82, 2.24) is 4.98 Å². The van der Waals surface area contributed by atoms with Crippen LogP contribution in [0.5, 0.6) is 10.9 Å².